The van der Waals surface area contributed by atoms with E-state index in [-0.39, 0.29) is 12.1 Å². The first kappa shape index (κ1) is 14.1. The highest BCUT2D eigenvalue weighted by Gasteiger charge is 2.31. The first-order valence-electron chi connectivity index (χ1n) is 5.97. The highest BCUT2D eigenvalue weighted by Crippen LogP contribution is 2.22. The van der Waals surface area contributed by atoms with Crippen LogP contribution in [0, 0.1) is 0 Å². The molecule has 1 saturated heterocycles. The number of hydrogen-bond acceptors (Lipinski definition) is 4. The van der Waals surface area contributed by atoms with Crippen molar-refractivity contribution in [3.05, 3.63) is 0 Å². The number of likely N-dealkylation sites (tertiary alicyclic amines) is 1. The molecule has 5 heteroatoms. The molecule has 96 valence electrons. The Morgan fingerprint density at radius 2 is 2.29 bits per heavy atom. The number of hydrogen-bond donors (Lipinski definition) is 0. The molecule has 0 N–H and O–H groups in total. The van der Waals surface area contributed by atoms with Gasteiger partial charge in [-0.15, -0.1) is 0 Å². The molecule has 0 aromatic rings. The molecule has 0 bridgehead atoms. The number of isothiocyanates is 1. The minimum atomic E-state index is -0.434. The number of rotatable bonds is 3. The van der Waals surface area contributed by atoms with Crippen LogP contribution in [-0.4, -0.2) is 40.9 Å². The van der Waals surface area contributed by atoms with Crippen LogP contribution in [-0.2, 0) is 4.74 Å². The van der Waals surface area contributed by atoms with Gasteiger partial charge in [-0.05, 0) is 52.3 Å². The molecule has 1 heterocycles. The average molecular weight is 256 g/mol. The summed E-state index contributed by atoms with van der Waals surface area (Å²) in [5, 5.41) is 2.35. The maximum Gasteiger partial charge on any atom is 0.410 e. The summed E-state index contributed by atoms with van der Waals surface area (Å²) in [7, 11) is 0. The lowest BCUT2D eigenvalue weighted by Gasteiger charge is -2.28. The molecule has 1 rings (SSSR count). The van der Waals surface area contributed by atoms with Gasteiger partial charge in [-0.25, -0.2) is 9.79 Å². The second-order valence-corrected chi connectivity index (χ2v) is 5.41. The van der Waals surface area contributed by atoms with Crippen molar-refractivity contribution in [2.24, 2.45) is 4.99 Å². The molecule has 0 spiro atoms. The number of carbonyl (C=O) groups excluding carboxylic acids is 1. The van der Waals surface area contributed by atoms with Crippen LogP contribution in [0.25, 0.3) is 0 Å². The van der Waals surface area contributed by atoms with Gasteiger partial charge >= 0.3 is 6.09 Å². The molecular formula is C12H20N2O2S. The lowest BCUT2D eigenvalue weighted by Crippen LogP contribution is -2.40. The average Bonchev–Trinajstić information content (AvgIpc) is 2.64. The standard InChI is InChI=1S/C12H20N2O2S/c1-12(2,3)16-11(15)14-8-4-5-10(14)6-7-13-9-17/h10H,4-8H2,1-3H3. The van der Waals surface area contributed by atoms with Gasteiger partial charge in [-0.3, -0.25) is 0 Å². The van der Waals surface area contributed by atoms with E-state index >= 15 is 0 Å². The van der Waals surface area contributed by atoms with E-state index in [2.05, 4.69) is 22.4 Å². The zero-order valence-corrected chi connectivity index (χ0v) is 11.5. The molecule has 0 aromatic carbocycles. The second kappa shape index (κ2) is 6.12. The van der Waals surface area contributed by atoms with Gasteiger partial charge in [0.2, 0.25) is 0 Å². The van der Waals surface area contributed by atoms with E-state index in [1.807, 2.05) is 25.7 Å². The van der Waals surface area contributed by atoms with Gasteiger partial charge in [0.15, 0.2) is 0 Å². The third kappa shape index (κ3) is 4.84. The molecular weight excluding hydrogens is 236 g/mol. The van der Waals surface area contributed by atoms with E-state index in [9.17, 15) is 4.79 Å². The van der Waals surface area contributed by atoms with Crippen LogP contribution in [0.3, 0.4) is 0 Å². The third-order valence-electron chi connectivity index (χ3n) is 2.64. The normalized spacial score (nSPS) is 19.9. The molecule has 1 unspecified atom stereocenters. The summed E-state index contributed by atoms with van der Waals surface area (Å²) in [5.41, 5.74) is -0.434. The Balaban J connectivity index is 2.50. The Hall–Kier alpha value is -0.930. The molecule has 1 aliphatic rings. The summed E-state index contributed by atoms with van der Waals surface area (Å²) in [5.74, 6) is 0. The van der Waals surface area contributed by atoms with E-state index in [1.165, 1.54) is 0 Å². The van der Waals surface area contributed by atoms with Crippen LogP contribution in [0.4, 0.5) is 4.79 Å². The summed E-state index contributed by atoms with van der Waals surface area (Å²) in [6, 6.07) is 0.233. The SMILES string of the molecule is CC(C)(C)OC(=O)N1CCCC1CCN=C=S. The van der Waals surface area contributed by atoms with E-state index in [0.29, 0.717) is 6.54 Å². The molecule has 1 amide bonds. The molecule has 1 fully saturated rings. The van der Waals surface area contributed by atoms with Crippen LogP contribution in [0.5, 0.6) is 0 Å². The van der Waals surface area contributed by atoms with Crippen LogP contribution in [0.15, 0.2) is 4.99 Å². The summed E-state index contributed by atoms with van der Waals surface area (Å²) in [4.78, 5) is 17.6. The van der Waals surface area contributed by atoms with Gasteiger partial charge < -0.3 is 9.64 Å². The van der Waals surface area contributed by atoms with E-state index in [0.717, 1.165) is 25.8 Å². The maximum absolute atomic E-state index is 11.9. The van der Waals surface area contributed by atoms with Crippen LogP contribution in [0.2, 0.25) is 0 Å². The third-order valence-corrected chi connectivity index (χ3v) is 2.77. The second-order valence-electron chi connectivity index (χ2n) is 5.23. The molecule has 0 radical (unpaired) electrons. The highest BCUT2D eigenvalue weighted by molar-refractivity contribution is 7.78. The van der Waals surface area contributed by atoms with Crippen molar-refractivity contribution in [3.8, 4) is 0 Å². The molecule has 0 saturated carbocycles. The summed E-state index contributed by atoms with van der Waals surface area (Å²) in [6.07, 6.45) is 2.67. The smallest absolute Gasteiger partial charge is 0.410 e. The van der Waals surface area contributed by atoms with Crippen molar-refractivity contribution in [3.63, 3.8) is 0 Å². The number of thiocarbonyl (C=S) groups is 1. The van der Waals surface area contributed by atoms with Gasteiger partial charge in [0.1, 0.15) is 5.60 Å². The predicted octanol–water partition coefficient (Wildman–Crippen LogP) is 2.88. The van der Waals surface area contributed by atoms with Gasteiger partial charge in [-0.1, -0.05) is 0 Å². The first-order chi connectivity index (χ1) is 7.94. The first-order valence-corrected chi connectivity index (χ1v) is 6.38. The predicted molar refractivity (Wildman–Crippen MR) is 70.5 cm³/mol. The Morgan fingerprint density at radius 1 is 1.59 bits per heavy atom. The monoisotopic (exact) mass is 256 g/mol. The van der Waals surface area contributed by atoms with Crippen LogP contribution in [0.1, 0.15) is 40.0 Å². The van der Waals surface area contributed by atoms with Crippen molar-refractivity contribution in [1.82, 2.24) is 4.90 Å². The summed E-state index contributed by atoms with van der Waals surface area (Å²) >= 11 is 4.52. The lowest BCUT2D eigenvalue weighted by molar-refractivity contribution is 0.0222. The van der Waals surface area contributed by atoms with Crippen molar-refractivity contribution < 1.29 is 9.53 Å². The van der Waals surface area contributed by atoms with Crippen LogP contribution < -0.4 is 0 Å². The molecule has 1 aliphatic heterocycles. The van der Waals surface area contributed by atoms with E-state index in [1.54, 1.807) is 0 Å². The highest BCUT2D eigenvalue weighted by atomic mass is 32.1. The van der Waals surface area contributed by atoms with Crippen molar-refractivity contribution >= 4 is 23.5 Å². The molecule has 4 nitrogen and oxygen atoms in total. The molecule has 1 atom stereocenters. The number of carbonyl (C=O) groups is 1. The van der Waals surface area contributed by atoms with Crippen molar-refractivity contribution in [2.45, 2.75) is 51.7 Å². The van der Waals surface area contributed by atoms with Crippen molar-refractivity contribution in [2.75, 3.05) is 13.1 Å². The zero-order chi connectivity index (χ0) is 12.9. The van der Waals surface area contributed by atoms with E-state index in [4.69, 9.17) is 4.74 Å². The Morgan fingerprint density at radius 3 is 2.88 bits per heavy atom. The quantitative estimate of drug-likeness (QED) is 0.576. The lowest BCUT2D eigenvalue weighted by atomic mass is 10.1. The minimum Gasteiger partial charge on any atom is -0.444 e. The zero-order valence-electron chi connectivity index (χ0n) is 10.7. The Kier molecular flexibility index (Phi) is 5.09. The fourth-order valence-corrected chi connectivity index (χ4v) is 2.05. The fraction of sp³-hybridized carbons (Fsp3) is 0.833. The van der Waals surface area contributed by atoms with Gasteiger partial charge in [0.05, 0.1) is 11.7 Å². The number of amides is 1. The fourth-order valence-electron chi connectivity index (χ4n) is 1.96. The van der Waals surface area contributed by atoms with Gasteiger partial charge in [-0.2, -0.15) is 0 Å². The molecule has 0 aromatic heterocycles. The van der Waals surface area contributed by atoms with Gasteiger partial charge in [0, 0.05) is 12.6 Å². The summed E-state index contributed by atoms with van der Waals surface area (Å²) < 4.78 is 5.38. The molecule has 17 heavy (non-hydrogen) atoms. The van der Waals surface area contributed by atoms with Crippen LogP contribution >= 0.6 is 12.2 Å². The topological polar surface area (TPSA) is 41.9 Å². The number of nitrogens with zero attached hydrogens (tertiary/aromatic N) is 2. The Bertz CT molecular complexity index is 319. The van der Waals surface area contributed by atoms with Crippen molar-refractivity contribution in [1.29, 1.82) is 0 Å². The number of ether oxygens (including phenoxy) is 1. The number of aliphatic imine (C=N–C) groups is 1. The molecule has 0 aliphatic carbocycles. The summed E-state index contributed by atoms with van der Waals surface area (Å²) in [6.45, 7) is 7.06. The maximum atomic E-state index is 11.9. The largest absolute Gasteiger partial charge is 0.444 e. The van der Waals surface area contributed by atoms with E-state index < -0.39 is 5.60 Å². The van der Waals surface area contributed by atoms with Gasteiger partial charge in [0.25, 0.3) is 0 Å². The minimum absolute atomic E-state index is 0.216. The Labute approximate surface area is 108 Å².